The zero-order chi connectivity index (χ0) is 20.1. The van der Waals surface area contributed by atoms with Gasteiger partial charge >= 0.3 is 0 Å². The molecule has 0 aromatic carbocycles. The lowest BCUT2D eigenvalue weighted by Crippen LogP contribution is -2.51. The highest BCUT2D eigenvalue weighted by Crippen LogP contribution is 2.67. The van der Waals surface area contributed by atoms with Crippen LogP contribution < -0.4 is 0 Å². The smallest absolute Gasteiger partial charge is 0.0579 e. The summed E-state index contributed by atoms with van der Waals surface area (Å²) in [5, 5.41) is 11.3. The third-order valence-corrected chi connectivity index (χ3v) is 10.2. The Hall–Kier alpha value is -0.300. The Morgan fingerprint density at radius 1 is 1.11 bits per heavy atom. The quantitative estimate of drug-likeness (QED) is 0.488. The second-order valence-corrected chi connectivity index (χ2v) is 12.1. The topological polar surface area (TPSA) is 20.2 Å². The molecule has 0 saturated heterocycles. The summed E-state index contributed by atoms with van der Waals surface area (Å²) >= 11 is 0. The number of hydrogen-bond donors (Lipinski definition) is 1. The SMILES string of the molecule is CC(C)CCC[C@@H](C)[C@H]1C[C@H](O)[C@H]2[C@@H]3CC=C4CCCC[C@]4(C)[C@H]3CC[C@@]21C. The van der Waals surface area contributed by atoms with Crippen molar-refractivity contribution in [1.82, 2.24) is 0 Å². The van der Waals surface area contributed by atoms with Crippen LogP contribution in [-0.2, 0) is 0 Å². The van der Waals surface area contributed by atoms with Crippen LogP contribution in [0.3, 0.4) is 0 Å². The fourth-order valence-electron chi connectivity index (χ4n) is 8.74. The van der Waals surface area contributed by atoms with Gasteiger partial charge in [-0.25, -0.2) is 0 Å². The van der Waals surface area contributed by atoms with E-state index in [-0.39, 0.29) is 6.10 Å². The van der Waals surface area contributed by atoms with Gasteiger partial charge in [0.05, 0.1) is 6.10 Å². The molecule has 0 spiro atoms. The van der Waals surface area contributed by atoms with Crippen molar-refractivity contribution in [3.8, 4) is 0 Å². The molecule has 1 heteroatoms. The van der Waals surface area contributed by atoms with Gasteiger partial charge in [-0.2, -0.15) is 0 Å². The maximum absolute atomic E-state index is 11.3. The first-order valence-corrected chi connectivity index (χ1v) is 12.6. The van der Waals surface area contributed by atoms with E-state index in [4.69, 9.17) is 0 Å². The second-order valence-electron chi connectivity index (χ2n) is 12.1. The summed E-state index contributed by atoms with van der Waals surface area (Å²) in [6.45, 7) is 12.4. The summed E-state index contributed by atoms with van der Waals surface area (Å²) in [5.41, 5.74) is 2.60. The van der Waals surface area contributed by atoms with Crippen LogP contribution in [0.5, 0.6) is 0 Å². The second kappa shape index (κ2) is 7.75. The van der Waals surface area contributed by atoms with Crippen molar-refractivity contribution in [2.24, 2.45) is 46.3 Å². The summed E-state index contributed by atoms with van der Waals surface area (Å²) in [4.78, 5) is 0. The van der Waals surface area contributed by atoms with E-state index in [1.54, 1.807) is 5.57 Å². The summed E-state index contributed by atoms with van der Waals surface area (Å²) in [5.74, 6) is 4.41. The van der Waals surface area contributed by atoms with Crippen LogP contribution in [0.4, 0.5) is 0 Å². The van der Waals surface area contributed by atoms with Gasteiger partial charge in [0, 0.05) is 0 Å². The van der Waals surface area contributed by atoms with E-state index >= 15 is 0 Å². The van der Waals surface area contributed by atoms with Crippen LogP contribution in [0, 0.1) is 46.3 Å². The van der Waals surface area contributed by atoms with Gasteiger partial charge in [-0.3, -0.25) is 0 Å². The summed E-state index contributed by atoms with van der Waals surface area (Å²) < 4.78 is 0. The third kappa shape index (κ3) is 3.32. The Labute approximate surface area is 174 Å². The molecule has 3 saturated carbocycles. The molecule has 0 unspecified atom stereocenters. The minimum atomic E-state index is -0.0579. The monoisotopic (exact) mass is 386 g/mol. The highest BCUT2D eigenvalue weighted by atomic mass is 16.3. The molecule has 0 bridgehead atoms. The zero-order valence-corrected chi connectivity index (χ0v) is 19.3. The Morgan fingerprint density at radius 3 is 2.64 bits per heavy atom. The third-order valence-electron chi connectivity index (χ3n) is 10.2. The van der Waals surface area contributed by atoms with Crippen molar-refractivity contribution in [2.75, 3.05) is 0 Å². The lowest BCUT2D eigenvalue weighted by atomic mass is 9.47. The molecule has 4 aliphatic carbocycles. The summed E-state index contributed by atoms with van der Waals surface area (Å²) in [6.07, 6.45) is 17.3. The lowest BCUT2D eigenvalue weighted by Gasteiger charge is -2.58. The van der Waals surface area contributed by atoms with E-state index in [2.05, 4.69) is 40.7 Å². The molecule has 0 radical (unpaired) electrons. The van der Waals surface area contributed by atoms with Crippen LogP contribution in [0.15, 0.2) is 11.6 Å². The molecule has 0 aliphatic heterocycles. The van der Waals surface area contributed by atoms with Crippen molar-refractivity contribution in [2.45, 2.75) is 111 Å². The largest absolute Gasteiger partial charge is 0.393 e. The van der Waals surface area contributed by atoms with Gasteiger partial charge in [0.15, 0.2) is 0 Å². The van der Waals surface area contributed by atoms with E-state index in [1.165, 1.54) is 64.2 Å². The standard InChI is InChI=1S/C27H46O/c1-18(2)9-8-10-19(3)23-17-24(28)25-21-13-12-20-11-6-7-15-26(20,4)22(21)14-16-27(23,25)5/h12,18-19,21-25,28H,6-11,13-17H2,1-5H3/t19-,21-,22+,23-,24+,25-,26+,27-/m1/s1. The van der Waals surface area contributed by atoms with Gasteiger partial charge < -0.3 is 5.11 Å². The molecule has 0 heterocycles. The fraction of sp³-hybridized carbons (Fsp3) is 0.926. The average molecular weight is 387 g/mol. The van der Waals surface area contributed by atoms with Crippen molar-refractivity contribution < 1.29 is 5.11 Å². The van der Waals surface area contributed by atoms with Gasteiger partial charge in [0.1, 0.15) is 0 Å². The van der Waals surface area contributed by atoms with E-state index in [0.29, 0.717) is 16.7 Å². The van der Waals surface area contributed by atoms with E-state index in [0.717, 1.165) is 36.0 Å². The molecule has 160 valence electrons. The van der Waals surface area contributed by atoms with Gasteiger partial charge in [0.25, 0.3) is 0 Å². The maximum Gasteiger partial charge on any atom is 0.0579 e. The first kappa shape index (κ1) is 21.0. The van der Waals surface area contributed by atoms with Crippen LogP contribution in [0.25, 0.3) is 0 Å². The fourth-order valence-corrected chi connectivity index (χ4v) is 8.74. The number of allylic oxidation sites excluding steroid dienone is 2. The predicted molar refractivity (Wildman–Crippen MR) is 119 cm³/mol. The molecule has 3 fully saturated rings. The first-order valence-electron chi connectivity index (χ1n) is 12.6. The molecule has 0 aromatic rings. The molecule has 0 amide bonds. The number of hydrogen-bond acceptors (Lipinski definition) is 1. The minimum Gasteiger partial charge on any atom is -0.393 e. The highest BCUT2D eigenvalue weighted by molar-refractivity contribution is 5.25. The Kier molecular flexibility index (Phi) is 5.80. The number of rotatable bonds is 5. The molecule has 4 rings (SSSR count). The first-order chi connectivity index (χ1) is 13.3. The Balaban J connectivity index is 1.54. The van der Waals surface area contributed by atoms with Crippen molar-refractivity contribution in [1.29, 1.82) is 0 Å². The van der Waals surface area contributed by atoms with Gasteiger partial charge in [-0.1, -0.05) is 72.0 Å². The van der Waals surface area contributed by atoms with Crippen molar-refractivity contribution in [3.63, 3.8) is 0 Å². The molecule has 28 heavy (non-hydrogen) atoms. The Bertz CT molecular complexity index is 591. The summed E-state index contributed by atoms with van der Waals surface area (Å²) in [7, 11) is 0. The van der Waals surface area contributed by atoms with Crippen LogP contribution in [0.1, 0.15) is 105 Å². The predicted octanol–water partition coefficient (Wildman–Crippen LogP) is 7.39. The lowest BCUT2D eigenvalue weighted by molar-refractivity contribution is -0.0766. The molecule has 0 aromatic heterocycles. The normalized spacial score (nSPS) is 46.5. The van der Waals surface area contributed by atoms with Gasteiger partial charge in [-0.15, -0.1) is 0 Å². The van der Waals surface area contributed by atoms with E-state index in [9.17, 15) is 5.11 Å². The minimum absolute atomic E-state index is 0.0579. The number of aliphatic hydroxyl groups excluding tert-OH is 1. The number of aliphatic hydroxyl groups is 1. The van der Waals surface area contributed by atoms with E-state index < -0.39 is 0 Å². The number of fused-ring (bicyclic) bond motifs is 5. The molecular weight excluding hydrogens is 340 g/mol. The molecule has 4 aliphatic rings. The van der Waals surface area contributed by atoms with Gasteiger partial charge in [0.2, 0.25) is 0 Å². The maximum atomic E-state index is 11.3. The van der Waals surface area contributed by atoms with E-state index in [1.807, 2.05) is 0 Å². The molecule has 1 nitrogen and oxygen atoms in total. The molecule has 8 atom stereocenters. The molecule has 1 N–H and O–H groups in total. The van der Waals surface area contributed by atoms with Crippen LogP contribution in [-0.4, -0.2) is 11.2 Å². The van der Waals surface area contributed by atoms with Crippen LogP contribution in [0.2, 0.25) is 0 Å². The Morgan fingerprint density at radius 2 is 1.89 bits per heavy atom. The van der Waals surface area contributed by atoms with Crippen molar-refractivity contribution in [3.05, 3.63) is 11.6 Å². The zero-order valence-electron chi connectivity index (χ0n) is 19.3. The summed E-state index contributed by atoms with van der Waals surface area (Å²) in [6, 6.07) is 0. The highest BCUT2D eigenvalue weighted by Gasteiger charge is 2.61. The van der Waals surface area contributed by atoms with Crippen LogP contribution >= 0.6 is 0 Å². The molecular formula is C27H46O. The average Bonchev–Trinajstić information content (AvgIpc) is 2.92. The van der Waals surface area contributed by atoms with Crippen molar-refractivity contribution >= 4 is 0 Å². The van der Waals surface area contributed by atoms with Gasteiger partial charge in [-0.05, 0) is 91.3 Å².